The highest BCUT2D eigenvalue weighted by Crippen LogP contribution is 2.39. The van der Waals surface area contributed by atoms with Crippen LogP contribution in [0.3, 0.4) is 0 Å². The molecule has 2 amide bonds. The van der Waals surface area contributed by atoms with Gasteiger partial charge in [0.2, 0.25) is 11.8 Å². The van der Waals surface area contributed by atoms with Gasteiger partial charge in [-0.1, -0.05) is 50.2 Å². The summed E-state index contributed by atoms with van der Waals surface area (Å²) >= 11 is 0. The maximum Gasteiger partial charge on any atom is 0.481 e. The molecule has 0 bridgehead atoms. The Hall–Kier alpha value is -3.04. The van der Waals surface area contributed by atoms with Gasteiger partial charge in [0.15, 0.2) is 11.5 Å². The van der Waals surface area contributed by atoms with Crippen LogP contribution >= 0.6 is 0 Å². The predicted molar refractivity (Wildman–Crippen MR) is 165 cm³/mol. The molecule has 42 heavy (non-hydrogen) atoms. The Morgan fingerprint density at radius 1 is 0.976 bits per heavy atom. The van der Waals surface area contributed by atoms with Crippen LogP contribution in [0, 0.1) is 11.8 Å². The Balaban J connectivity index is 1.52. The molecule has 1 fully saturated rings. The molecule has 0 radical (unpaired) electrons. The predicted octanol–water partition coefficient (Wildman–Crippen LogP) is 4.70. The van der Waals surface area contributed by atoms with E-state index in [0.717, 1.165) is 22.4 Å². The average Bonchev–Trinajstić information content (AvgIpc) is 3.17. The highest BCUT2D eigenvalue weighted by atomic mass is 16.7. The molecule has 1 aliphatic carbocycles. The molecule has 3 unspecified atom stereocenters. The van der Waals surface area contributed by atoms with E-state index in [2.05, 4.69) is 24.5 Å². The molecule has 8 nitrogen and oxygen atoms in total. The van der Waals surface area contributed by atoms with Gasteiger partial charge < -0.3 is 29.4 Å². The number of nitrogens with one attached hydrogen (secondary N) is 2. The lowest BCUT2D eigenvalue weighted by Crippen LogP contribution is -2.56. The summed E-state index contributed by atoms with van der Waals surface area (Å²) in [4.78, 5) is 27.6. The van der Waals surface area contributed by atoms with Gasteiger partial charge in [0, 0.05) is 17.9 Å². The molecule has 2 aromatic rings. The van der Waals surface area contributed by atoms with Crippen molar-refractivity contribution in [3.05, 3.63) is 59.2 Å². The number of amides is 2. The molecule has 2 N–H and O–H groups in total. The maximum absolute atomic E-state index is 13.9. The van der Waals surface area contributed by atoms with Crippen LogP contribution < -0.4 is 20.1 Å². The van der Waals surface area contributed by atoms with Crippen molar-refractivity contribution in [2.45, 2.75) is 96.8 Å². The molecule has 4 rings (SSSR count). The third-order valence-corrected chi connectivity index (χ3v) is 8.89. The van der Waals surface area contributed by atoms with Crippen LogP contribution in [0.5, 0.6) is 11.5 Å². The first-order valence-corrected chi connectivity index (χ1v) is 15.1. The van der Waals surface area contributed by atoms with Gasteiger partial charge in [-0.25, -0.2) is 0 Å². The number of rotatable bonds is 11. The number of carbonyl (C=O) groups is 2. The Kier molecular flexibility index (Phi) is 9.94. The van der Waals surface area contributed by atoms with Gasteiger partial charge in [0.05, 0.1) is 31.4 Å². The Morgan fingerprint density at radius 3 is 2.24 bits per heavy atom. The van der Waals surface area contributed by atoms with E-state index in [0.29, 0.717) is 43.8 Å². The molecular formula is C33H47BN2O6. The van der Waals surface area contributed by atoms with Crippen LogP contribution in [0.1, 0.15) is 71.1 Å². The number of hydrogen-bond acceptors (Lipinski definition) is 6. The fourth-order valence-electron chi connectivity index (χ4n) is 5.84. The zero-order valence-electron chi connectivity index (χ0n) is 26.4. The van der Waals surface area contributed by atoms with E-state index in [1.54, 1.807) is 14.2 Å². The second-order valence-electron chi connectivity index (χ2n) is 13.0. The standard InChI is InChI=1S/C33H47BN2O6/c1-21(2)18-28(34-41-32(3,4)33(5,6)42-34)36-31(38)26(19-22-12-10-9-11-13-22)35-30(37)24-14-16-25-23(20-24)15-17-27(39-7)29(25)40-8/h9-13,15,17,21,24,26,28H,14,16,18-20H2,1-8H3,(H,35,37)(H,36,38). The molecule has 2 aliphatic rings. The largest absolute Gasteiger partial charge is 0.493 e. The maximum atomic E-state index is 13.9. The number of fused-ring (bicyclic) bond motifs is 1. The minimum atomic E-state index is -0.746. The molecular weight excluding hydrogens is 531 g/mol. The molecule has 0 spiro atoms. The van der Waals surface area contributed by atoms with Crippen LogP contribution in [-0.2, 0) is 38.2 Å². The molecule has 3 atom stereocenters. The fourth-order valence-corrected chi connectivity index (χ4v) is 5.84. The lowest BCUT2D eigenvalue weighted by Gasteiger charge is -2.32. The first-order chi connectivity index (χ1) is 19.8. The van der Waals surface area contributed by atoms with E-state index in [9.17, 15) is 9.59 Å². The summed E-state index contributed by atoms with van der Waals surface area (Å²) in [6.45, 7) is 12.3. The van der Waals surface area contributed by atoms with Gasteiger partial charge >= 0.3 is 7.12 Å². The summed E-state index contributed by atoms with van der Waals surface area (Å²) in [6.07, 6.45) is 2.99. The zero-order valence-corrected chi connectivity index (χ0v) is 26.4. The third-order valence-electron chi connectivity index (χ3n) is 8.89. The molecule has 1 heterocycles. The zero-order chi connectivity index (χ0) is 30.7. The summed E-state index contributed by atoms with van der Waals surface area (Å²) in [5.74, 6) is 0.742. The van der Waals surface area contributed by atoms with Gasteiger partial charge in [-0.05, 0) is 76.5 Å². The molecule has 0 aromatic heterocycles. The van der Waals surface area contributed by atoms with Crippen molar-refractivity contribution in [1.29, 1.82) is 0 Å². The highest BCUT2D eigenvalue weighted by molar-refractivity contribution is 6.48. The Morgan fingerprint density at radius 2 is 1.64 bits per heavy atom. The molecule has 228 valence electrons. The van der Waals surface area contributed by atoms with Crippen LogP contribution in [0.25, 0.3) is 0 Å². The normalized spacial score (nSPS) is 20.4. The van der Waals surface area contributed by atoms with Gasteiger partial charge in [-0.15, -0.1) is 0 Å². The molecule has 2 aromatic carbocycles. The average molecular weight is 579 g/mol. The van der Waals surface area contributed by atoms with Crippen molar-refractivity contribution in [2.24, 2.45) is 11.8 Å². The second-order valence-corrected chi connectivity index (χ2v) is 13.0. The molecule has 1 saturated heterocycles. The van der Waals surface area contributed by atoms with Crippen molar-refractivity contribution >= 4 is 18.9 Å². The van der Waals surface area contributed by atoms with Gasteiger partial charge in [-0.2, -0.15) is 0 Å². The molecule has 0 saturated carbocycles. The van der Waals surface area contributed by atoms with E-state index in [4.69, 9.17) is 18.8 Å². The smallest absolute Gasteiger partial charge is 0.481 e. The third kappa shape index (κ3) is 7.12. The summed E-state index contributed by atoms with van der Waals surface area (Å²) in [6, 6.07) is 12.9. The second kappa shape index (κ2) is 13.1. The van der Waals surface area contributed by atoms with Crippen LogP contribution in [0.2, 0.25) is 0 Å². The minimum absolute atomic E-state index is 0.123. The van der Waals surface area contributed by atoms with Crippen LogP contribution in [-0.4, -0.2) is 56.3 Å². The minimum Gasteiger partial charge on any atom is -0.493 e. The quantitative estimate of drug-likeness (QED) is 0.376. The number of methoxy groups -OCH3 is 2. The summed E-state index contributed by atoms with van der Waals surface area (Å²) in [5, 5.41) is 6.31. The van der Waals surface area contributed by atoms with E-state index < -0.39 is 24.4 Å². The Bertz CT molecular complexity index is 1230. The van der Waals surface area contributed by atoms with E-state index in [1.165, 1.54) is 0 Å². The van der Waals surface area contributed by atoms with E-state index in [1.807, 2.05) is 70.2 Å². The topological polar surface area (TPSA) is 95.1 Å². The van der Waals surface area contributed by atoms with Crippen molar-refractivity contribution in [2.75, 3.05) is 14.2 Å². The lowest BCUT2D eigenvalue weighted by atomic mass is 9.73. The summed E-state index contributed by atoms with van der Waals surface area (Å²) in [7, 11) is 2.68. The van der Waals surface area contributed by atoms with Gasteiger partial charge in [-0.3, -0.25) is 9.59 Å². The number of hydrogen-bond donors (Lipinski definition) is 2. The first kappa shape index (κ1) is 31.9. The van der Waals surface area contributed by atoms with E-state index in [-0.39, 0.29) is 23.7 Å². The summed E-state index contributed by atoms with van der Waals surface area (Å²) in [5.41, 5.74) is 2.09. The SMILES string of the molecule is COc1ccc2c(c1OC)CCC(C(=O)NC(Cc1ccccc1)C(=O)NC(CC(C)C)B1OC(C)(C)C(C)(C)O1)C2. The molecule has 9 heteroatoms. The monoisotopic (exact) mass is 578 g/mol. The van der Waals surface area contributed by atoms with E-state index >= 15 is 0 Å². The number of ether oxygens (including phenoxy) is 2. The van der Waals surface area contributed by atoms with Gasteiger partial charge in [0.1, 0.15) is 6.04 Å². The van der Waals surface area contributed by atoms with Crippen molar-refractivity contribution in [1.82, 2.24) is 10.6 Å². The van der Waals surface area contributed by atoms with Crippen molar-refractivity contribution in [3.8, 4) is 11.5 Å². The van der Waals surface area contributed by atoms with Crippen molar-refractivity contribution in [3.63, 3.8) is 0 Å². The lowest BCUT2D eigenvalue weighted by molar-refractivity contribution is -0.131. The highest BCUT2D eigenvalue weighted by Gasteiger charge is 2.54. The Labute approximate surface area is 251 Å². The first-order valence-electron chi connectivity index (χ1n) is 15.1. The van der Waals surface area contributed by atoms with Crippen LogP contribution in [0.15, 0.2) is 42.5 Å². The molecule has 1 aliphatic heterocycles. The van der Waals surface area contributed by atoms with Crippen LogP contribution in [0.4, 0.5) is 0 Å². The number of benzene rings is 2. The van der Waals surface area contributed by atoms with Crippen molar-refractivity contribution < 1.29 is 28.4 Å². The van der Waals surface area contributed by atoms with Gasteiger partial charge in [0.25, 0.3) is 0 Å². The number of carbonyl (C=O) groups excluding carboxylic acids is 2. The summed E-state index contributed by atoms with van der Waals surface area (Å²) < 4.78 is 23.7. The fraction of sp³-hybridized carbons (Fsp3) is 0.576.